The maximum atomic E-state index is 12.9. The highest BCUT2D eigenvalue weighted by Crippen LogP contribution is 2.22. The second kappa shape index (κ2) is 10.7. The summed E-state index contributed by atoms with van der Waals surface area (Å²) < 4.78 is 32.2. The van der Waals surface area contributed by atoms with E-state index in [2.05, 4.69) is 5.32 Å². The third kappa shape index (κ3) is 5.95. The summed E-state index contributed by atoms with van der Waals surface area (Å²) >= 11 is 0. The van der Waals surface area contributed by atoms with Gasteiger partial charge in [0.15, 0.2) is 0 Å². The van der Waals surface area contributed by atoms with Crippen LogP contribution in [0.15, 0.2) is 53.4 Å². The number of hydrogen-bond acceptors (Lipinski definition) is 5. The minimum absolute atomic E-state index is 0.00722. The molecule has 172 valence electrons. The van der Waals surface area contributed by atoms with E-state index in [0.717, 1.165) is 36.8 Å². The third-order valence-corrected chi connectivity index (χ3v) is 7.62. The summed E-state index contributed by atoms with van der Waals surface area (Å²) in [7, 11) is -2.27. The van der Waals surface area contributed by atoms with Gasteiger partial charge in [0.2, 0.25) is 10.0 Å². The molecule has 1 aliphatic heterocycles. The zero-order valence-corrected chi connectivity index (χ0v) is 19.4. The largest absolute Gasteiger partial charge is 0.469 e. The Morgan fingerprint density at radius 3 is 2.12 bits per heavy atom. The minimum atomic E-state index is -3.58. The molecular weight excluding hydrogens is 428 g/mol. The highest BCUT2D eigenvalue weighted by molar-refractivity contribution is 7.89. The summed E-state index contributed by atoms with van der Waals surface area (Å²) in [6, 6.07) is 12.9. The molecule has 1 atom stereocenters. The lowest BCUT2D eigenvalue weighted by Gasteiger charge is -2.20. The number of carbonyl (C=O) groups excluding carboxylic acids is 2. The van der Waals surface area contributed by atoms with E-state index in [0.29, 0.717) is 18.7 Å². The van der Waals surface area contributed by atoms with E-state index in [9.17, 15) is 18.0 Å². The first kappa shape index (κ1) is 23.9. The number of nitrogens with zero attached hydrogens (tertiary/aromatic N) is 1. The van der Waals surface area contributed by atoms with E-state index in [4.69, 9.17) is 4.74 Å². The number of rotatable bonds is 7. The van der Waals surface area contributed by atoms with Crippen LogP contribution in [0.2, 0.25) is 0 Å². The van der Waals surface area contributed by atoms with Crippen LogP contribution in [0.5, 0.6) is 0 Å². The molecule has 0 aliphatic carbocycles. The zero-order valence-electron chi connectivity index (χ0n) is 18.5. The molecule has 1 N–H and O–H groups in total. The zero-order chi connectivity index (χ0) is 23.1. The van der Waals surface area contributed by atoms with E-state index < -0.39 is 27.9 Å². The molecule has 1 saturated heterocycles. The second-order valence-corrected chi connectivity index (χ2v) is 10.00. The minimum Gasteiger partial charge on any atom is -0.469 e. The Balaban J connectivity index is 1.75. The number of amides is 1. The summed E-state index contributed by atoms with van der Waals surface area (Å²) in [5, 5.41) is 2.86. The molecule has 2 aromatic rings. The van der Waals surface area contributed by atoms with Crippen molar-refractivity contribution in [3.8, 4) is 0 Å². The second-order valence-electron chi connectivity index (χ2n) is 8.06. The molecule has 2 aromatic carbocycles. The summed E-state index contributed by atoms with van der Waals surface area (Å²) in [6.45, 7) is 3.01. The maximum absolute atomic E-state index is 12.9. The first-order valence-corrected chi connectivity index (χ1v) is 12.3. The van der Waals surface area contributed by atoms with Crippen LogP contribution < -0.4 is 5.32 Å². The van der Waals surface area contributed by atoms with Crippen LogP contribution in [0.4, 0.5) is 0 Å². The smallest absolute Gasteiger partial charge is 0.307 e. The third-order valence-electron chi connectivity index (χ3n) is 5.70. The van der Waals surface area contributed by atoms with Gasteiger partial charge in [0.1, 0.15) is 0 Å². The van der Waals surface area contributed by atoms with Crippen molar-refractivity contribution in [2.24, 2.45) is 0 Å². The molecule has 1 heterocycles. The van der Waals surface area contributed by atoms with Crippen LogP contribution in [0.25, 0.3) is 0 Å². The molecule has 3 rings (SSSR count). The van der Waals surface area contributed by atoms with Gasteiger partial charge in [-0.15, -0.1) is 0 Å². The maximum Gasteiger partial charge on any atom is 0.307 e. The first-order valence-electron chi connectivity index (χ1n) is 10.9. The average Bonchev–Trinajstić information content (AvgIpc) is 3.09. The van der Waals surface area contributed by atoms with Gasteiger partial charge in [-0.05, 0) is 49.6 Å². The molecule has 1 unspecified atom stereocenters. The van der Waals surface area contributed by atoms with Crippen LogP contribution in [0.1, 0.15) is 59.6 Å². The topological polar surface area (TPSA) is 92.8 Å². The van der Waals surface area contributed by atoms with Gasteiger partial charge in [-0.1, -0.05) is 42.7 Å². The van der Waals surface area contributed by atoms with E-state index in [1.807, 2.05) is 31.2 Å². The Morgan fingerprint density at radius 1 is 0.969 bits per heavy atom. The van der Waals surface area contributed by atoms with Crippen LogP contribution in [0.3, 0.4) is 0 Å². The summed E-state index contributed by atoms with van der Waals surface area (Å²) in [5.41, 5.74) is 2.18. The van der Waals surface area contributed by atoms with Crippen molar-refractivity contribution < 1.29 is 22.7 Å². The standard InChI is InChI=1S/C24H30N2O5S/c1-18-7-9-19(10-8-18)22(17-23(27)31-2)25-24(28)20-11-13-21(14-12-20)32(29,30)26-15-5-3-4-6-16-26/h7-14,22H,3-6,15-17H2,1-2H3,(H,25,28). The molecule has 0 aromatic heterocycles. The number of esters is 1. The van der Waals surface area contributed by atoms with Gasteiger partial charge >= 0.3 is 5.97 Å². The van der Waals surface area contributed by atoms with Crippen LogP contribution >= 0.6 is 0 Å². The number of benzene rings is 2. The predicted molar refractivity (Wildman–Crippen MR) is 122 cm³/mol. The molecule has 0 bridgehead atoms. The highest BCUT2D eigenvalue weighted by atomic mass is 32.2. The Labute approximate surface area is 189 Å². The molecule has 7 nitrogen and oxygen atoms in total. The molecule has 1 aliphatic rings. The van der Waals surface area contributed by atoms with Crippen LogP contribution in [-0.2, 0) is 19.6 Å². The predicted octanol–water partition coefficient (Wildman–Crippen LogP) is 3.59. The Hall–Kier alpha value is -2.71. The van der Waals surface area contributed by atoms with Crippen molar-refractivity contribution >= 4 is 21.9 Å². The van der Waals surface area contributed by atoms with Gasteiger partial charge in [0, 0.05) is 18.7 Å². The van der Waals surface area contributed by atoms with Crippen molar-refractivity contribution in [2.45, 2.75) is 50.0 Å². The average molecular weight is 459 g/mol. The fraction of sp³-hybridized carbons (Fsp3) is 0.417. The van der Waals surface area contributed by atoms with E-state index in [1.165, 1.54) is 35.7 Å². The van der Waals surface area contributed by atoms with Crippen molar-refractivity contribution in [1.29, 1.82) is 0 Å². The van der Waals surface area contributed by atoms with E-state index in [-0.39, 0.29) is 11.3 Å². The Bertz CT molecular complexity index is 1030. The number of nitrogens with one attached hydrogen (secondary N) is 1. The fourth-order valence-electron chi connectivity index (χ4n) is 3.75. The van der Waals surface area contributed by atoms with Crippen molar-refractivity contribution in [1.82, 2.24) is 9.62 Å². The normalized spacial score (nSPS) is 16.1. The van der Waals surface area contributed by atoms with E-state index >= 15 is 0 Å². The Kier molecular flexibility index (Phi) is 8.04. The van der Waals surface area contributed by atoms with Crippen molar-refractivity contribution in [2.75, 3.05) is 20.2 Å². The molecule has 8 heteroatoms. The molecular formula is C24H30N2O5S. The number of carbonyl (C=O) groups is 2. The van der Waals surface area contributed by atoms with Gasteiger partial charge in [0.25, 0.3) is 5.91 Å². The van der Waals surface area contributed by atoms with Gasteiger partial charge in [-0.2, -0.15) is 4.31 Å². The van der Waals surface area contributed by atoms with Gasteiger partial charge < -0.3 is 10.1 Å². The quantitative estimate of drug-likeness (QED) is 0.640. The molecule has 1 fully saturated rings. The van der Waals surface area contributed by atoms with Crippen molar-refractivity contribution in [3.63, 3.8) is 0 Å². The number of ether oxygens (including phenoxy) is 1. The van der Waals surface area contributed by atoms with E-state index in [1.54, 1.807) is 0 Å². The van der Waals surface area contributed by atoms with Gasteiger partial charge in [0.05, 0.1) is 24.5 Å². The molecule has 0 spiro atoms. The SMILES string of the molecule is COC(=O)CC(NC(=O)c1ccc(S(=O)(=O)N2CCCCCC2)cc1)c1ccc(C)cc1. The number of methoxy groups -OCH3 is 1. The number of aryl methyl sites for hydroxylation is 1. The first-order chi connectivity index (χ1) is 15.3. The number of sulfonamides is 1. The summed E-state index contributed by atoms with van der Waals surface area (Å²) in [6.07, 6.45) is 3.80. The lowest BCUT2D eigenvalue weighted by atomic mass is 10.0. The van der Waals surface area contributed by atoms with Gasteiger partial charge in [-0.3, -0.25) is 9.59 Å². The lowest BCUT2D eigenvalue weighted by molar-refractivity contribution is -0.141. The number of hydrogen-bond donors (Lipinski definition) is 1. The van der Waals surface area contributed by atoms with Crippen LogP contribution in [-0.4, -0.2) is 44.8 Å². The molecule has 1 amide bonds. The molecule has 32 heavy (non-hydrogen) atoms. The molecule has 0 radical (unpaired) electrons. The van der Waals surface area contributed by atoms with Gasteiger partial charge in [-0.25, -0.2) is 8.42 Å². The fourth-order valence-corrected chi connectivity index (χ4v) is 5.27. The summed E-state index contributed by atoms with van der Waals surface area (Å²) in [4.78, 5) is 24.9. The summed E-state index contributed by atoms with van der Waals surface area (Å²) in [5.74, 6) is -0.826. The highest BCUT2D eigenvalue weighted by Gasteiger charge is 2.26. The van der Waals surface area contributed by atoms with Crippen molar-refractivity contribution in [3.05, 3.63) is 65.2 Å². The lowest BCUT2D eigenvalue weighted by Crippen LogP contribution is -2.32. The monoisotopic (exact) mass is 458 g/mol. The Morgan fingerprint density at radius 2 is 1.56 bits per heavy atom. The molecule has 0 saturated carbocycles. The van der Waals surface area contributed by atoms with Crippen LogP contribution in [0, 0.1) is 6.92 Å².